The number of para-hydroxylation sites is 2. The van der Waals surface area contributed by atoms with E-state index in [0.717, 1.165) is 22.0 Å². The summed E-state index contributed by atoms with van der Waals surface area (Å²) in [5.41, 5.74) is 0.696. The molecule has 2 aromatic carbocycles. The van der Waals surface area contributed by atoms with Gasteiger partial charge in [0.2, 0.25) is 0 Å². The fraction of sp³-hybridized carbons (Fsp3) is 0.211. The van der Waals surface area contributed by atoms with Crippen LogP contribution in [0.3, 0.4) is 0 Å². The monoisotopic (exact) mass is 387 g/mol. The number of rotatable bonds is 6. The van der Waals surface area contributed by atoms with Crippen molar-refractivity contribution in [3.63, 3.8) is 0 Å². The van der Waals surface area contributed by atoms with Crippen LogP contribution >= 0.6 is 15.9 Å². The minimum Gasteiger partial charge on any atom is -0.494 e. The van der Waals surface area contributed by atoms with Crippen molar-refractivity contribution >= 4 is 32.8 Å². The van der Waals surface area contributed by atoms with Gasteiger partial charge in [-0.1, -0.05) is 30.3 Å². The second kappa shape index (κ2) is 7.53. The SMILES string of the molecule is CN(CCCOc1ccccc1)C(=O)c1cc2cccc(Br)c2o1. The van der Waals surface area contributed by atoms with Gasteiger partial charge in [0.05, 0.1) is 11.1 Å². The summed E-state index contributed by atoms with van der Waals surface area (Å²) >= 11 is 3.43. The van der Waals surface area contributed by atoms with Crippen LogP contribution in [0.5, 0.6) is 5.75 Å². The zero-order chi connectivity index (χ0) is 16.9. The van der Waals surface area contributed by atoms with Crippen molar-refractivity contribution in [3.8, 4) is 5.75 Å². The first-order valence-electron chi connectivity index (χ1n) is 7.76. The molecular weight excluding hydrogens is 370 g/mol. The van der Waals surface area contributed by atoms with Gasteiger partial charge >= 0.3 is 0 Å². The minimum absolute atomic E-state index is 0.127. The Balaban J connectivity index is 1.55. The smallest absolute Gasteiger partial charge is 0.289 e. The third kappa shape index (κ3) is 3.79. The fourth-order valence-electron chi connectivity index (χ4n) is 2.43. The van der Waals surface area contributed by atoms with Crippen molar-refractivity contribution < 1.29 is 13.9 Å². The van der Waals surface area contributed by atoms with E-state index in [2.05, 4.69) is 15.9 Å². The molecule has 0 unspecified atom stereocenters. The van der Waals surface area contributed by atoms with Crippen LogP contribution in [-0.4, -0.2) is 31.0 Å². The Labute approximate surface area is 149 Å². The number of hydrogen-bond acceptors (Lipinski definition) is 3. The summed E-state index contributed by atoms with van der Waals surface area (Å²) in [6.45, 7) is 1.16. The van der Waals surface area contributed by atoms with E-state index in [-0.39, 0.29) is 5.91 Å². The third-order valence-electron chi connectivity index (χ3n) is 3.70. The van der Waals surface area contributed by atoms with E-state index in [0.29, 0.717) is 24.5 Å². The molecule has 1 heterocycles. The number of nitrogens with zero attached hydrogens (tertiary/aromatic N) is 1. The molecule has 1 aromatic heterocycles. The van der Waals surface area contributed by atoms with Gasteiger partial charge < -0.3 is 14.1 Å². The van der Waals surface area contributed by atoms with Crippen LogP contribution in [0.25, 0.3) is 11.0 Å². The van der Waals surface area contributed by atoms with Crippen molar-refractivity contribution in [2.24, 2.45) is 0 Å². The van der Waals surface area contributed by atoms with Crippen molar-refractivity contribution in [2.45, 2.75) is 6.42 Å². The minimum atomic E-state index is -0.127. The van der Waals surface area contributed by atoms with Gasteiger partial charge in [-0.2, -0.15) is 0 Å². The van der Waals surface area contributed by atoms with E-state index in [1.54, 1.807) is 18.0 Å². The predicted molar refractivity (Wildman–Crippen MR) is 97.4 cm³/mol. The molecule has 3 rings (SSSR count). The summed E-state index contributed by atoms with van der Waals surface area (Å²) in [6, 6.07) is 17.2. The number of fused-ring (bicyclic) bond motifs is 1. The normalized spacial score (nSPS) is 10.8. The number of benzene rings is 2. The van der Waals surface area contributed by atoms with Crippen LogP contribution in [0.1, 0.15) is 17.0 Å². The molecule has 0 aliphatic heterocycles. The zero-order valence-electron chi connectivity index (χ0n) is 13.4. The molecular formula is C19H18BrNO3. The average Bonchev–Trinajstić information content (AvgIpc) is 3.04. The fourth-order valence-corrected chi connectivity index (χ4v) is 2.89. The molecule has 0 spiro atoms. The van der Waals surface area contributed by atoms with Gasteiger partial charge in [0.15, 0.2) is 5.76 Å². The summed E-state index contributed by atoms with van der Waals surface area (Å²) in [5.74, 6) is 1.06. The van der Waals surface area contributed by atoms with Crippen molar-refractivity contribution in [2.75, 3.05) is 20.2 Å². The molecule has 4 nitrogen and oxygen atoms in total. The number of halogens is 1. The van der Waals surface area contributed by atoms with Gasteiger partial charge in [0.1, 0.15) is 11.3 Å². The van der Waals surface area contributed by atoms with Gasteiger partial charge in [-0.15, -0.1) is 0 Å². The Kier molecular flexibility index (Phi) is 5.20. The maximum absolute atomic E-state index is 12.5. The maximum atomic E-state index is 12.5. The molecule has 0 N–H and O–H groups in total. The topological polar surface area (TPSA) is 42.7 Å². The zero-order valence-corrected chi connectivity index (χ0v) is 15.0. The molecule has 0 radical (unpaired) electrons. The Morgan fingerprint density at radius 3 is 2.71 bits per heavy atom. The first kappa shape index (κ1) is 16.6. The molecule has 0 aliphatic carbocycles. The highest BCUT2D eigenvalue weighted by Crippen LogP contribution is 2.27. The summed E-state index contributed by atoms with van der Waals surface area (Å²) in [5, 5.41) is 0.911. The Morgan fingerprint density at radius 2 is 1.96 bits per heavy atom. The molecule has 5 heteroatoms. The highest BCUT2D eigenvalue weighted by Gasteiger charge is 2.17. The van der Waals surface area contributed by atoms with Crippen LogP contribution in [0.4, 0.5) is 0 Å². The molecule has 24 heavy (non-hydrogen) atoms. The largest absolute Gasteiger partial charge is 0.494 e. The van der Waals surface area contributed by atoms with Gasteiger partial charge in [0, 0.05) is 19.0 Å². The van der Waals surface area contributed by atoms with Crippen LogP contribution in [0, 0.1) is 0 Å². The van der Waals surface area contributed by atoms with Crippen molar-refractivity contribution in [1.29, 1.82) is 0 Å². The average molecular weight is 388 g/mol. The number of hydrogen-bond donors (Lipinski definition) is 0. The lowest BCUT2D eigenvalue weighted by molar-refractivity contribution is 0.0759. The highest BCUT2D eigenvalue weighted by molar-refractivity contribution is 9.10. The van der Waals surface area contributed by atoms with Crippen LogP contribution in [0.2, 0.25) is 0 Å². The van der Waals surface area contributed by atoms with E-state index in [9.17, 15) is 4.79 Å². The van der Waals surface area contributed by atoms with Crippen LogP contribution in [0.15, 0.2) is 63.5 Å². The first-order valence-corrected chi connectivity index (χ1v) is 8.56. The van der Waals surface area contributed by atoms with Gasteiger partial charge in [0.25, 0.3) is 5.91 Å². The summed E-state index contributed by atoms with van der Waals surface area (Å²) in [7, 11) is 1.77. The van der Waals surface area contributed by atoms with Crippen LogP contribution < -0.4 is 4.74 Å². The predicted octanol–water partition coefficient (Wildman–Crippen LogP) is 4.74. The van der Waals surface area contributed by atoms with Crippen molar-refractivity contribution in [3.05, 3.63) is 64.8 Å². The second-order valence-electron chi connectivity index (χ2n) is 5.51. The third-order valence-corrected chi connectivity index (χ3v) is 4.33. The lowest BCUT2D eigenvalue weighted by atomic mass is 10.2. The molecule has 3 aromatic rings. The number of ether oxygens (including phenoxy) is 1. The molecule has 0 fully saturated rings. The van der Waals surface area contributed by atoms with E-state index in [1.807, 2.05) is 48.5 Å². The lowest BCUT2D eigenvalue weighted by Crippen LogP contribution is -2.28. The number of carbonyl (C=O) groups is 1. The van der Waals surface area contributed by atoms with E-state index in [4.69, 9.17) is 9.15 Å². The van der Waals surface area contributed by atoms with Gasteiger partial charge in [-0.25, -0.2) is 0 Å². The summed E-state index contributed by atoms with van der Waals surface area (Å²) in [6.07, 6.45) is 0.751. The number of furan rings is 1. The molecule has 0 saturated carbocycles. The molecule has 1 amide bonds. The Morgan fingerprint density at radius 1 is 1.17 bits per heavy atom. The van der Waals surface area contributed by atoms with Crippen molar-refractivity contribution in [1.82, 2.24) is 4.90 Å². The second-order valence-corrected chi connectivity index (χ2v) is 6.36. The standard InChI is InChI=1S/C19H18BrNO3/c1-21(11-6-12-23-15-8-3-2-4-9-15)19(22)17-13-14-7-5-10-16(20)18(14)24-17/h2-5,7-10,13H,6,11-12H2,1H3. The Bertz CT molecular complexity index is 829. The van der Waals surface area contributed by atoms with Gasteiger partial charge in [-0.05, 0) is 46.6 Å². The molecule has 0 atom stereocenters. The van der Waals surface area contributed by atoms with E-state index >= 15 is 0 Å². The summed E-state index contributed by atoms with van der Waals surface area (Å²) < 4.78 is 12.2. The van der Waals surface area contributed by atoms with E-state index in [1.165, 1.54) is 0 Å². The number of amides is 1. The number of carbonyl (C=O) groups excluding carboxylic acids is 1. The molecule has 0 aliphatic rings. The molecule has 0 saturated heterocycles. The van der Waals surface area contributed by atoms with E-state index < -0.39 is 0 Å². The lowest BCUT2D eigenvalue weighted by Gasteiger charge is -2.15. The van der Waals surface area contributed by atoms with Gasteiger partial charge in [-0.3, -0.25) is 4.79 Å². The summed E-state index contributed by atoms with van der Waals surface area (Å²) in [4.78, 5) is 14.1. The highest BCUT2D eigenvalue weighted by atomic mass is 79.9. The quantitative estimate of drug-likeness (QED) is 0.573. The Hall–Kier alpha value is -2.27. The molecule has 124 valence electrons. The maximum Gasteiger partial charge on any atom is 0.289 e. The molecule has 0 bridgehead atoms. The first-order chi connectivity index (χ1) is 11.6. The van der Waals surface area contributed by atoms with Crippen LogP contribution in [-0.2, 0) is 0 Å².